The van der Waals surface area contributed by atoms with Crippen LogP contribution in [0.3, 0.4) is 0 Å². The Kier molecular flexibility index (Phi) is 4.18. The first-order chi connectivity index (χ1) is 8.27. The fourth-order valence-electron chi connectivity index (χ4n) is 1.20. The molecule has 0 heterocycles. The monoisotopic (exact) mass is 272 g/mol. The molecule has 1 amide bonds. The quantitative estimate of drug-likeness (QED) is 0.788. The van der Waals surface area contributed by atoms with Crippen molar-refractivity contribution in [1.82, 2.24) is 4.72 Å². The van der Waals surface area contributed by atoms with E-state index in [-0.39, 0.29) is 10.6 Å². The van der Waals surface area contributed by atoms with E-state index in [1.165, 1.54) is 25.3 Å². The van der Waals surface area contributed by atoms with Gasteiger partial charge in [0, 0.05) is 12.0 Å². The van der Waals surface area contributed by atoms with Crippen LogP contribution in [0.4, 0.5) is 5.69 Å². The minimum atomic E-state index is -3.94. The normalized spacial score (nSPS) is 11.3. The molecule has 18 heavy (non-hydrogen) atoms. The van der Waals surface area contributed by atoms with Gasteiger partial charge in [0.1, 0.15) is 10.6 Å². The number of ether oxygens (including phenoxy) is 1. The van der Waals surface area contributed by atoms with Gasteiger partial charge in [-0.3, -0.25) is 4.79 Å². The second kappa shape index (κ2) is 5.26. The summed E-state index contributed by atoms with van der Waals surface area (Å²) in [5.41, 5.74) is 5.65. The van der Waals surface area contributed by atoms with E-state index >= 15 is 0 Å². The van der Waals surface area contributed by atoms with Crippen LogP contribution in [-0.4, -0.2) is 21.4 Å². The van der Waals surface area contributed by atoms with Crippen molar-refractivity contribution in [2.75, 3.05) is 12.8 Å². The lowest BCUT2D eigenvalue weighted by Gasteiger charge is -2.11. The van der Waals surface area contributed by atoms with Crippen molar-refractivity contribution in [3.63, 3.8) is 0 Å². The van der Waals surface area contributed by atoms with Crippen LogP contribution in [-0.2, 0) is 14.8 Å². The second-order valence-corrected chi connectivity index (χ2v) is 5.68. The van der Waals surface area contributed by atoms with E-state index in [4.69, 9.17) is 10.5 Å². The van der Waals surface area contributed by atoms with E-state index in [1.807, 2.05) is 4.72 Å². The van der Waals surface area contributed by atoms with Crippen molar-refractivity contribution in [2.45, 2.75) is 18.7 Å². The van der Waals surface area contributed by atoms with Crippen LogP contribution in [0.5, 0.6) is 5.75 Å². The summed E-state index contributed by atoms with van der Waals surface area (Å²) in [5.74, 6) is -0.564. The van der Waals surface area contributed by atoms with Crippen molar-refractivity contribution in [3.8, 4) is 5.75 Å². The summed E-state index contributed by atoms with van der Waals surface area (Å²) in [6.45, 7) is 3.20. The van der Waals surface area contributed by atoms with Crippen LogP contribution in [0, 0.1) is 5.92 Å². The van der Waals surface area contributed by atoms with Crippen LogP contribution in [0.1, 0.15) is 13.8 Å². The van der Waals surface area contributed by atoms with Gasteiger partial charge in [-0.15, -0.1) is 0 Å². The third kappa shape index (κ3) is 3.13. The smallest absolute Gasteiger partial charge is 0.266 e. The Labute approximate surface area is 106 Å². The van der Waals surface area contributed by atoms with E-state index < -0.39 is 21.8 Å². The molecule has 7 heteroatoms. The van der Waals surface area contributed by atoms with Crippen molar-refractivity contribution in [1.29, 1.82) is 0 Å². The van der Waals surface area contributed by atoms with Gasteiger partial charge in [0.2, 0.25) is 5.91 Å². The Morgan fingerprint density at radius 2 is 2.00 bits per heavy atom. The van der Waals surface area contributed by atoms with Gasteiger partial charge >= 0.3 is 0 Å². The van der Waals surface area contributed by atoms with Crippen molar-refractivity contribution < 1.29 is 17.9 Å². The SMILES string of the molecule is COc1ccc(S(=O)(=O)NC(=O)C(C)C)c(N)c1. The number of sulfonamides is 1. The van der Waals surface area contributed by atoms with Gasteiger partial charge in [0.25, 0.3) is 10.0 Å². The van der Waals surface area contributed by atoms with Gasteiger partial charge in [-0.25, -0.2) is 13.1 Å². The molecule has 0 aliphatic carbocycles. The predicted octanol–water partition coefficient (Wildman–Crippen LogP) is 0.738. The number of nitrogen functional groups attached to an aromatic ring is 1. The Morgan fingerprint density at radius 3 is 2.44 bits per heavy atom. The summed E-state index contributed by atoms with van der Waals surface area (Å²) in [4.78, 5) is 11.3. The van der Waals surface area contributed by atoms with Gasteiger partial charge in [-0.05, 0) is 12.1 Å². The number of methoxy groups -OCH3 is 1. The number of hydrogen-bond donors (Lipinski definition) is 2. The van der Waals surface area contributed by atoms with Crippen LogP contribution < -0.4 is 15.2 Å². The number of carbonyl (C=O) groups excluding carboxylic acids is 1. The number of hydrogen-bond acceptors (Lipinski definition) is 5. The zero-order valence-electron chi connectivity index (χ0n) is 10.4. The van der Waals surface area contributed by atoms with Crippen LogP contribution in [0.25, 0.3) is 0 Å². The maximum Gasteiger partial charge on any atom is 0.266 e. The van der Waals surface area contributed by atoms with E-state index in [2.05, 4.69) is 0 Å². The zero-order chi connectivity index (χ0) is 13.9. The molecule has 0 spiro atoms. The molecular formula is C11H16N2O4S. The summed E-state index contributed by atoms with van der Waals surface area (Å²) in [6, 6.07) is 4.14. The lowest BCUT2D eigenvalue weighted by Crippen LogP contribution is -2.34. The average Bonchev–Trinajstić information content (AvgIpc) is 2.27. The molecular weight excluding hydrogens is 256 g/mol. The lowest BCUT2D eigenvalue weighted by atomic mass is 10.2. The molecule has 0 aliphatic heterocycles. The summed E-state index contributed by atoms with van der Waals surface area (Å²) in [7, 11) is -2.49. The molecule has 1 rings (SSSR count). The molecule has 6 nitrogen and oxygen atoms in total. The molecule has 100 valence electrons. The molecule has 0 saturated carbocycles. The largest absolute Gasteiger partial charge is 0.497 e. The van der Waals surface area contributed by atoms with Gasteiger partial charge in [-0.2, -0.15) is 0 Å². The highest BCUT2D eigenvalue weighted by Crippen LogP contribution is 2.23. The molecule has 0 radical (unpaired) electrons. The highest BCUT2D eigenvalue weighted by atomic mass is 32.2. The first-order valence-corrected chi connectivity index (χ1v) is 6.76. The molecule has 1 aromatic rings. The highest BCUT2D eigenvalue weighted by Gasteiger charge is 2.21. The van der Waals surface area contributed by atoms with Gasteiger partial charge in [-0.1, -0.05) is 13.8 Å². The Morgan fingerprint density at radius 1 is 1.39 bits per heavy atom. The van der Waals surface area contributed by atoms with E-state index in [1.54, 1.807) is 13.8 Å². The molecule has 0 unspecified atom stereocenters. The summed E-state index contributed by atoms with van der Waals surface area (Å²) in [6.07, 6.45) is 0. The lowest BCUT2D eigenvalue weighted by molar-refractivity contribution is -0.122. The van der Waals surface area contributed by atoms with Gasteiger partial charge in [0.15, 0.2) is 0 Å². The minimum Gasteiger partial charge on any atom is -0.497 e. The third-order valence-corrected chi connectivity index (χ3v) is 3.69. The number of nitrogens with two attached hydrogens (primary N) is 1. The van der Waals surface area contributed by atoms with E-state index in [0.717, 1.165) is 0 Å². The van der Waals surface area contributed by atoms with Crippen LogP contribution in [0.2, 0.25) is 0 Å². The van der Waals surface area contributed by atoms with Gasteiger partial charge in [0.05, 0.1) is 12.8 Å². The molecule has 0 fully saturated rings. The number of amides is 1. The summed E-state index contributed by atoms with van der Waals surface area (Å²) < 4.78 is 30.7. The first kappa shape index (κ1) is 14.3. The number of benzene rings is 1. The van der Waals surface area contributed by atoms with Crippen molar-refractivity contribution in [3.05, 3.63) is 18.2 Å². The summed E-state index contributed by atoms with van der Waals surface area (Å²) >= 11 is 0. The van der Waals surface area contributed by atoms with Crippen molar-refractivity contribution >= 4 is 21.6 Å². The third-order valence-electron chi connectivity index (χ3n) is 2.27. The van der Waals surface area contributed by atoms with Crippen LogP contribution >= 0.6 is 0 Å². The van der Waals surface area contributed by atoms with Gasteiger partial charge < -0.3 is 10.5 Å². The Balaban J connectivity index is 3.10. The Bertz CT molecular complexity index is 552. The predicted molar refractivity (Wildman–Crippen MR) is 67.6 cm³/mol. The first-order valence-electron chi connectivity index (χ1n) is 5.28. The molecule has 0 aliphatic rings. The van der Waals surface area contributed by atoms with Crippen molar-refractivity contribution in [2.24, 2.45) is 5.92 Å². The molecule has 0 atom stereocenters. The maximum absolute atomic E-state index is 11.9. The molecule has 0 bridgehead atoms. The molecule has 1 aromatic carbocycles. The number of rotatable bonds is 4. The van der Waals surface area contributed by atoms with E-state index in [9.17, 15) is 13.2 Å². The van der Waals surface area contributed by atoms with E-state index in [0.29, 0.717) is 5.75 Å². The maximum atomic E-state index is 11.9. The summed E-state index contributed by atoms with van der Waals surface area (Å²) in [5, 5.41) is 0. The molecule has 3 N–H and O–H groups in total. The van der Waals surface area contributed by atoms with Crippen LogP contribution in [0.15, 0.2) is 23.1 Å². The number of anilines is 1. The fourth-order valence-corrected chi connectivity index (χ4v) is 2.43. The zero-order valence-corrected chi connectivity index (χ0v) is 11.2. The molecule has 0 saturated heterocycles. The Hall–Kier alpha value is -1.76. The topological polar surface area (TPSA) is 98.5 Å². The number of nitrogens with one attached hydrogen (secondary N) is 1. The highest BCUT2D eigenvalue weighted by molar-refractivity contribution is 7.90. The molecule has 0 aromatic heterocycles. The standard InChI is InChI=1S/C11H16N2O4S/c1-7(2)11(14)13-18(15,16)10-5-4-8(17-3)6-9(10)12/h4-7H,12H2,1-3H3,(H,13,14). The average molecular weight is 272 g/mol. The number of carbonyl (C=O) groups is 1. The second-order valence-electron chi connectivity index (χ2n) is 4.03. The minimum absolute atomic E-state index is 0.0263. The fraction of sp³-hybridized carbons (Fsp3) is 0.364.